The van der Waals surface area contributed by atoms with Gasteiger partial charge in [-0.1, -0.05) is 44.2 Å². The van der Waals surface area contributed by atoms with Gasteiger partial charge in [-0.25, -0.2) is 0 Å². The molecule has 2 atom stereocenters. The molecule has 2 unspecified atom stereocenters. The number of benzene rings is 1. The average Bonchev–Trinajstić information content (AvgIpc) is 2.53. The maximum absolute atomic E-state index is 11.9. The number of hydrogen-bond donors (Lipinski definition) is 2. The highest BCUT2D eigenvalue weighted by molar-refractivity contribution is 5.81. The quantitative estimate of drug-likeness (QED) is 0.822. The van der Waals surface area contributed by atoms with Crippen molar-refractivity contribution in [2.24, 2.45) is 11.7 Å². The van der Waals surface area contributed by atoms with Crippen molar-refractivity contribution in [3.63, 3.8) is 0 Å². The van der Waals surface area contributed by atoms with E-state index in [0.29, 0.717) is 13.2 Å². The molecule has 22 heavy (non-hydrogen) atoms. The van der Waals surface area contributed by atoms with Crippen LogP contribution in [0.4, 0.5) is 0 Å². The second-order valence-corrected chi connectivity index (χ2v) is 6.23. The number of carbonyl (C=O) groups is 1. The number of nitrogens with one attached hydrogen (secondary N) is 1. The van der Waals surface area contributed by atoms with E-state index >= 15 is 0 Å². The van der Waals surface area contributed by atoms with Crippen LogP contribution in [0.2, 0.25) is 0 Å². The second kappa shape index (κ2) is 8.27. The summed E-state index contributed by atoms with van der Waals surface area (Å²) < 4.78 is 5.74. The lowest BCUT2D eigenvalue weighted by molar-refractivity contribution is -0.124. The van der Waals surface area contributed by atoms with Gasteiger partial charge in [-0.05, 0) is 11.5 Å². The van der Waals surface area contributed by atoms with Gasteiger partial charge in [-0.15, -0.1) is 0 Å². The van der Waals surface area contributed by atoms with Crippen LogP contribution in [0.25, 0.3) is 0 Å². The van der Waals surface area contributed by atoms with Crippen molar-refractivity contribution >= 4 is 5.91 Å². The van der Waals surface area contributed by atoms with Gasteiger partial charge in [-0.3, -0.25) is 9.69 Å². The molecule has 1 saturated heterocycles. The van der Waals surface area contributed by atoms with E-state index < -0.39 is 6.04 Å². The molecule has 0 bridgehead atoms. The van der Waals surface area contributed by atoms with Gasteiger partial charge in [0.05, 0.1) is 18.8 Å². The first-order valence-corrected chi connectivity index (χ1v) is 7.97. The molecule has 1 aromatic carbocycles. The Morgan fingerprint density at radius 3 is 2.82 bits per heavy atom. The van der Waals surface area contributed by atoms with Crippen molar-refractivity contribution in [3.05, 3.63) is 35.9 Å². The third kappa shape index (κ3) is 5.09. The Bertz CT molecular complexity index is 464. The lowest BCUT2D eigenvalue weighted by Crippen LogP contribution is -2.50. The van der Waals surface area contributed by atoms with Crippen LogP contribution in [-0.2, 0) is 16.1 Å². The summed E-state index contributed by atoms with van der Waals surface area (Å²) in [7, 11) is 0. The van der Waals surface area contributed by atoms with Crippen LogP contribution in [0, 0.1) is 5.92 Å². The molecule has 5 heteroatoms. The van der Waals surface area contributed by atoms with Gasteiger partial charge in [0, 0.05) is 26.2 Å². The zero-order valence-electron chi connectivity index (χ0n) is 13.5. The summed E-state index contributed by atoms with van der Waals surface area (Å²) in [6.07, 6.45) is 0.0285. The van der Waals surface area contributed by atoms with Gasteiger partial charge in [0.2, 0.25) is 5.91 Å². The Morgan fingerprint density at radius 2 is 2.14 bits per heavy atom. The van der Waals surface area contributed by atoms with E-state index in [1.165, 1.54) is 5.56 Å². The highest BCUT2D eigenvalue weighted by atomic mass is 16.5. The number of hydrogen-bond acceptors (Lipinski definition) is 4. The maximum atomic E-state index is 11.9. The third-order valence-corrected chi connectivity index (χ3v) is 4.00. The summed E-state index contributed by atoms with van der Waals surface area (Å²) in [5.41, 5.74) is 7.14. The standard InChI is InChI=1S/C17H27N3O2/c1-13(2)16(18)17(21)19-10-15-12-20(8-9-22-15)11-14-6-4-3-5-7-14/h3-7,13,15-16H,8-12,18H2,1-2H3,(H,19,21). The van der Waals surface area contributed by atoms with Crippen molar-refractivity contribution in [1.29, 1.82) is 0 Å². The molecule has 0 saturated carbocycles. The molecule has 1 amide bonds. The molecule has 5 nitrogen and oxygen atoms in total. The van der Waals surface area contributed by atoms with E-state index in [9.17, 15) is 4.79 Å². The molecular formula is C17H27N3O2. The molecule has 1 heterocycles. The Kier molecular flexibility index (Phi) is 6.36. The van der Waals surface area contributed by atoms with Crippen molar-refractivity contribution < 1.29 is 9.53 Å². The second-order valence-electron chi connectivity index (χ2n) is 6.23. The van der Waals surface area contributed by atoms with E-state index in [1.807, 2.05) is 19.9 Å². The number of morpholine rings is 1. The highest BCUT2D eigenvalue weighted by Crippen LogP contribution is 2.10. The fourth-order valence-corrected chi connectivity index (χ4v) is 2.52. The van der Waals surface area contributed by atoms with Gasteiger partial charge >= 0.3 is 0 Å². The molecule has 0 aromatic heterocycles. The summed E-state index contributed by atoms with van der Waals surface area (Å²) in [6.45, 7) is 7.77. The zero-order valence-corrected chi connectivity index (χ0v) is 13.5. The van der Waals surface area contributed by atoms with E-state index in [2.05, 4.69) is 34.5 Å². The van der Waals surface area contributed by atoms with Crippen molar-refractivity contribution in [3.8, 4) is 0 Å². The van der Waals surface area contributed by atoms with Crippen LogP contribution in [0.15, 0.2) is 30.3 Å². The zero-order chi connectivity index (χ0) is 15.9. The first-order chi connectivity index (χ1) is 10.6. The van der Waals surface area contributed by atoms with Gasteiger partial charge in [0.15, 0.2) is 0 Å². The van der Waals surface area contributed by atoms with Gasteiger partial charge in [-0.2, -0.15) is 0 Å². The number of carbonyl (C=O) groups excluding carboxylic acids is 1. The number of ether oxygens (including phenoxy) is 1. The molecule has 2 rings (SSSR count). The predicted molar refractivity (Wildman–Crippen MR) is 87.3 cm³/mol. The van der Waals surface area contributed by atoms with Crippen LogP contribution in [0.1, 0.15) is 19.4 Å². The van der Waals surface area contributed by atoms with Crippen molar-refractivity contribution in [2.75, 3.05) is 26.2 Å². The SMILES string of the molecule is CC(C)C(N)C(=O)NCC1CN(Cc2ccccc2)CCO1. The lowest BCUT2D eigenvalue weighted by atomic mass is 10.1. The Morgan fingerprint density at radius 1 is 1.41 bits per heavy atom. The predicted octanol–water partition coefficient (Wildman–Crippen LogP) is 0.987. The van der Waals surface area contributed by atoms with E-state index in [0.717, 1.165) is 19.6 Å². The molecule has 1 aliphatic rings. The average molecular weight is 305 g/mol. The van der Waals surface area contributed by atoms with Crippen LogP contribution in [-0.4, -0.2) is 49.2 Å². The minimum absolute atomic E-state index is 0.0285. The number of amides is 1. The summed E-state index contributed by atoms with van der Waals surface area (Å²) in [5.74, 6) is 0.0423. The van der Waals surface area contributed by atoms with E-state index in [1.54, 1.807) is 0 Å². The van der Waals surface area contributed by atoms with Crippen LogP contribution < -0.4 is 11.1 Å². The van der Waals surface area contributed by atoms with E-state index in [4.69, 9.17) is 10.5 Å². The monoisotopic (exact) mass is 305 g/mol. The molecule has 3 N–H and O–H groups in total. The fourth-order valence-electron chi connectivity index (χ4n) is 2.52. The van der Waals surface area contributed by atoms with Crippen LogP contribution in [0.3, 0.4) is 0 Å². The molecule has 122 valence electrons. The molecular weight excluding hydrogens is 278 g/mol. The minimum atomic E-state index is -0.455. The minimum Gasteiger partial charge on any atom is -0.374 e. The normalized spacial score (nSPS) is 20.8. The summed E-state index contributed by atoms with van der Waals surface area (Å²) in [5, 5.41) is 2.90. The number of rotatable bonds is 6. The van der Waals surface area contributed by atoms with Crippen molar-refractivity contribution in [2.45, 2.75) is 32.5 Å². The van der Waals surface area contributed by atoms with Gasteiger partial charge in [0.25, 0.3) is 0 Å². The van der Waals surface area contributed by atoms with Crippen LogP contribution in [0.5, 0.6) is 0 Å². The molecule has 0 aliphatic carbocycles. The molecule has 0 radical (unpaired) electrons. The fraction of sp³-hybridized carbons (Fsp3) is 0.588. The third-order valence-electron chi connectivity index (χ3n) is 4.00. The Hall–Kier alpha value is -1.43. The Labute approximate surface area is 132 Å². The molecule has 0 spiro atoms. The molecule has 1 aliphatic heterocycles. The van der Waals surface area contributed by atoms with Gasteiger partial charge < -0.3 is 15.8 Å². The maximum Gasteiger partial charge on any atom is 0.237 e. The summed E-state index contributed by atoms with van der Waals surface area (Å²) in [6, 6.07) is 9.95. The first kappa shape index (κ1) is 16.9. The smallest absolute Gasteiger partial charge is 0.237 e. The highest BCUT2D eigenvalue weighted by Gasteiger charge is 2.23. The lowest BCUT2D eigenvalue weighted by Gasteiger charge is -2.33. The summed E-state index contributed by atoms with van der Waals surface area (Å²) in [4.78, 5) is 14.3. The van der Waals surface area contributed by atoms with Gasteiger partial charge in [0.1, 0.15) is 0 Å². The first-order valence-electron chi connectivity index (χ1n) is 7.97. The largest absolute Gasteiger partial charge is 0.374 e. The molecule has 1 aromatic rings. The Balaban J connectivity index is 1.77. The van der Waals surface area contributed by atoms with E-state index in [-0.39, 0.29) is 17.9 Å². The number of nitrogens with two attached hydrogens (primary N) is 1. The summed E-state index contributed by atoms with van der Waals surface area (Å²) >= 11 is 0. The number of nitrogens with zero attached hydrogens (tertiary/aromatic N) is 1. The topological polar surface area (TPSA) is 67.6 Å². The van der Waals surface area contributed by atoms with Crippen LogP contribution >= 0.6 is 0 Å². The molecule has 1 fully saturated rings. The van der Waals surface area contributed by atoms with Crippen molar-refractivity contribution in [1.82, 2.24) is 10.2 Å².